The van der Waals surface area contributed by atoms with E-state index in [-0.39, 0.29) is 24.4 Å². The van der Waals surface area contributed by atoms with E-state index in [1.807, 2.05) is 27.7 Å². The second kappa shape index (κ2) is 4.09. The Labute approximate surface area is 80.1 Å². The fourth-order valence-corrected chi connectivity index (χ4v) is 0.949. The van der Waals surface area contributed by atoms with Crippen LogP contribution in [0.3, 0.4) is 0 Å². The van der Waals surface area contributed by atoms with Gasteiger partial charge in [0.15, 0.2) is 0 Å². The van der Waals surface area contributed by atoms with Crippen LogP contribution in [0.4, 0.5) is 0 Å². The van der Waals surface area contributed by atoms with Gasteiger partial charge in [-0.05, 0) is 5.41 Å². The Hall–Kier alpha value is -0.570. The first-order valence-electron chi connectivity index (χ1n) is 4.44. The molecular weight excluding hydrogens is 168 g/mol. The summed E-state index contributed by atoms with van der Waals surface area (Å²) in [5.41, 5.74) is -0.532. The minimum atomic E-state index is -0.417. The number of carbonyl (C=O) groups is 1. The largest absolute Gasteiger partial charge is 0.469 e. The van der Waals surface area contributed by atoms with E-state index < -0.39 is 5.41 Å². The second-order valence-corrected chi connectivity index (χ2v) is 4.72. The van der Waals surface area contributed by atoms with Crippen LogP contribution in [0.1, 0.15) is 34.1 Å². The Kier molecular flexibility index (Phi) is 3.91. The summed E-state index contributed by atoms with van der Waals surface area (Å²) in [5, 5.41) is 9.26. The molecule has 1 N–H and O–H groups in total. The molecule has 0 heterocycles. The topological polar surface area (TPSA) is 46.5 Å². The Morgan fingerprint density at radius 2 is 1.77 bits per heavy atom. The van der Waals surface area contributed by atoms with Gasteiger partial charge >= 0.3 is 5.97 Å². The van der Waals surface area contributed by atoms with Crippen LogP contribution < -0.4 is 0 Å². The van der Waals surface area contributed by atoms with Crippen molar-refractivity contribution in [1.82, 2.24) is 0 Å². The maximum absolute atomic E-state index is 11.1. The first-order valence-corrected chi connectivity index (χ1v) is 4.44. The molecule has 0 spiro atoms. The van der Waals surface area contributed by atoms with Crippen LogP contribution in [0.2, 0.25) is 0 Å². The molecule has 0 fully saturated rings. The standard InChI is InChI=1S/C10H20O3/c1-9(2,3)10(4,7-11)6-8(12)13-5/h11H,6-7H2,1-5H3. The number of ether oxygens (including phenoxy) is 1. The monoisotopic (exact) mass is 188 g/mol. The van der Waals surface area contributed by atoms with Gasteiger partial charge < -0.3 is 9.84 Å². The molecular formula is C10H20O3. The van der Waals surface area contributed by atoms with E-state index >= 15 is 0 Å². The number of carbonyl (C=O) groups excluding carboxylic acids is 1. The van der Waals surface area contributed by atoms with Crippen molar-refractivity contribution in [3.63, 3.8) is 0 Å². The third-order valence-corrected chi connectivity index (χ3v) is 2.92. The molecule has 3 heteroatoms. The molecule has 0 saturated heterocycles. The third-order valence-electron chi connectivity index (χ3n) is 2.92. The molecule has 3 nitrogen and oxygen atoms in total. The van der Waals surface area contributed by atoms with Crippen molar-refractivity contribution in [2.45, 2.75) is 34.1 Å². The van der Waals surface area contributed by atoms with Crippen molar-refractivity contribution in [1.29, 1.82) is 0 Å². The molecule has 1 atom stereocenters. The summed E-state index contributed by atoms with van der Waals surface area (Å²) in [6.45, 7) is 7.90. The Morgan fingerprint density at radius 1 is 1.31 bits per heavy atom. The smallest absolute Gasteiger partial charge is 0.306 e. The van der Waals surface area contributed by atoms with Crippen molar-refractivity contribution in [3.8, 4) is 0 Å². The van der Waals surface area contributed by atoms with Gasteiger partial charge in [0, 0.05) is 12.0 Å². The minimum absolute atomic E-state index is 0.00833. The van der Waals surface area contributed by atoms with Crippen molar-refractivity contribution < 1.29 is 14.6 Å². The zero-order chi connectivity index (χ0) is 10.7. The molecule has 0 aromatic rings. The third kappa shape index (κ3) is 2.99. The first kappa shape index (κ1) is 12.4. The number of rotatable bonds is 3. The molecule has 0 rings (SSSR count). The zero-order valence-corrected chi connectivity index (χ0v) is 9.18. The van der Waals surface area contributed by atoms with Gasteiger partial charge in [-0.25, -0.2) is 0 Å². The molecule has 0 radical (unpaired) electrons. The van der Waals surface area contributed by atoms with Gasteiger partial charge in [0.05, 0.1) is 13.5 Å². The van der Waals surface area contributed by atoms with Gasteiger partial charge in [-0.2, -0.15) is 0 Å². The van der Waals surface area contributed by atoms with E-state index in [9.17, 15) is 9.90 Å². The first-order chi connectivity index (χ1) is 5.77. The number of hydrogen-bond donors (Lipinski definition) is 1. The lowest BCUT2D eigenvalue weighted by Gasteiger charge is -2.39. The lowest BCUT2D eigenvalue weighted by Crippen LogP contribution is -2.38. The predicted molar refractivity (Wildman–Crippen MR) is 51.3 cm³/mol. The van der Waals surface area contributed by atoms with E-state index in [1.54, 1.807) is 0 Å². The van der Waals surface area contributed by atoms with Crippen LogP contribution in [-0.4, -0.2) is 24.8 Å². The summed E-state index contributed by atoms with van der Waals surface area (Å²) in [5.74, 6) is -0.272. The van der Waals surface area contributed by atoms with E-state index in [2.05, 4.69) is 4.74 Å². The molecule has 1 unspecified atom stereocenters. The van der Waals surface area contributed by atoms with Crippen LogP contribution in [0.5, 0.6) is 0 Å². The summed E-state index contributed by atoms with van der Waals surface area (Å²) in [6.07, 6.45) is 0.253. The molecule has 0 aliphatic heterocycles. The fourth-order valence-electron chi connectivity index (χ4n) is 0.949. The van der Waals surface area contributed by atoms with Crippen LogP contribution >= 0.6 is 0 Å². The zero-order valence-electron chi connectivity index (χ0n) is 9.18. The molecule has 0 amide bonds. The average molecular weight is 188 g/mol. The maximum atomic E-state index is 11.1. The summed E-state index contributed by atoms with van der Waals surface area (Å²) in [6, 6.07) is 0. The van der Waals surface area contributed by atoms with E-state index in [4.69, 9.17) is 0 Å². The maximum Gasteiger partial charge on any atom is 0.306 e. The number of aliphatic hydroxyl groups is 1. The van der Waals surface area contributed by atoms with E-state index in [0.29, 0.717) is 0 Å². The van der Waals surface area contributed by atoms with Crippen molar-refractivity contribution in [2.75, 3.05) is 13.7 Å². The predicted octanol–water partition coefficient (Wildman–Crippen LogP) is 1.59. The molecule has 0 aliphatic carbocycles. The molecule has 0 saturated carbocycles. The normalized spacial score (nSPS) is 16.5. The number of hydrogen-bond acceptors (Lipinski definition) is 3. The van der Waals surface area contributed by atoms with E-state index in [0.717, 1.165) is 0 Å². The van der Waals surface area contributed by atoms with Crippen LogP contribution in [-0.2, 0) is 9.53 Å². The minimum Gasteiger partial charge on any atom is -0.469 e. The van der Waals surface area contributed by atoms with Crippen molar-refractivity contribution in [3.05, 3.63) is 0 Å². The van der Waals surface area contributed by atoms with Crippen molar-refractivity contribution >= 4 is 5.97 Å². The highest BCUT2D eigenvalue weighted by Gasteiger charge is 2.39. The van der Waals surface area contributed by atoms with Gasteiger partial charge in [0.2, 0.25) is 0 Å². The molecule has 0 aromatic carbocycles. The summed E-state index contributed by atoms with van der Waals surface area (Å²) in [7, 11) is 1.36. The molecule has 13 heavy (non-hydrogen) atoms. The lowest BCUT2D eigenvalue weighted by atomic mass is 9.66. The van der Waals surface area contributed by atoms with Crippen LogP contribution in [0.15, 0.2) is 0 Å². The SMILES string of the molecule is COC(=O)CC(C)(CO)C(C)(C)C. The highest BCUT2D eigenvalue weighted by molar-refractivity contribution is 5.70. The number of methoxy groups -OCH3 is 1. The van der Waals surface area contributed by atoms with Gasteiger partial charge in [0.1, 0.15) is 0 Å². The highest BCUT2D eigenvalue weighted by Crippen LogP contribution is 2.40. The molecule has 78 valence electrons. The Bertz CT molecular complexity index is 181. The molecule has 0 aromatic heterocycles. The molecule has 0 bridgehead atoms. The fraction of sp³-hybridized carbons (Fsp3) is 0.900. The summed E-state index contributed by atoms with van der Waals surface area (Å²) >= 11 is 0. The quantitative estimate of drug-likeness (QED) is 0.684. The molecule has 0 aliphatic rings. The number of aliphatic hydroxyl groups excluding tert-OH is 1. The summed E-state index contributed by atoms with van der Waals surface area (Å²) < 4.78 is 4.59. The van der Waals surface area contributed by atoms with Crippen LogP contribution in [0.25, 0.3) is 0 Å². The van der Waals surface area contributed by atoms with Crippen LogP contribution in [0, 0.1) is 10.8 Å². The van der Waals surface area contributed by atoms with Gasteiger partial charge in [0.25, 0.3) is 0 Å². The Balaban J connectivity index is 4.56. The van der Waals surface area contributed by atoms with Crippen molar-refractivity contribution in [2.24, 2.45) is 10.8 Å². The van der Waals surface area contributed by atoms with Gasteiger partial charge in [-0.15, -0.1) is 0 Å². The number of esters is 1. The average Bonchev–Trinajstić information content (AvgIpc) is 2.02. The Morgan fingerprint density at radius 3 is 2.00 bits per heavy atom. The highest BCUT2D eigenvalue weighted by atomic mass is 16.5. The summed E-state index contributed by atoms with van der Waals surface area (Å²) in [4.78, 5) is 11.1. The van der Waals surface area contributed by atoms with E-state index in [1.165, 1.54) is 7.11 Å². The second-order valence-electron chi connectivity index (χ2n) is 4.72. The van der Waals surface area contributed by atoms with Gasteiger partial charge in [-0.1, -0.05) is 27.7 Å². The lowest BCUT2D eigenvalue weighted by molar-refractivity contribution is -0.146. The van der Waals surface area contributed by atoms with Gasteiger partial charge in [-0.3, -0.25) is 4.79 Å².